The number of rotatable bonds is 4. The Morgan fingerprint density at radius 1 is 1.35 bits per heavy atom. The van der Waals surface area contributed by atoms with Crippen LogP contribution in [0.15, 0.2) is 36.4 Å². The summed E-state index contributed by atoms with van der Waals surface area (Å²) in [7, 11) is 0. The normalized spacial score (nSPS) is 20.4. The van der Waals surface area contributed by atoms with Crippen molar-refractivity contribution in [2.45, 2.75) is 19.0 Å². The van der Waals surface area contributed by atoms with Gasteiger partial charge in [-0.05, 0) is 24.1 Å². The first-order valence-corrected chi connectivity index (χ1v) is 6.54. The minimum Gasteiger partial charge on any atom is -0.396 e. The summed E-state index contributed by atoms with van der Waals surface area (Å²) in [6.45, 7) is 0.527. The molecule has 2 rings (SSSR count). The van der Waals surface area contributed by atoms with Crippen molar-refractivity contribution < 1.29 is 9.90 Å². The van der Waals surface area contributed by atoms with Crippen LogP contribution in [0, 0.1) is 17.2 Å². The Morgan fingerprint density at radius 2 is 2.10 bits per heavy atom. The summed E-state index contributed by atoms with van der Waals surface area (Å²) in [5, 5.41) is 23.3. The number of nitrogens with one attached hydrogen (secondary N) is 2. The van der Waals surface area contributed by atoms with Crippen LogP contribution in [0.2, 0.25) is 0 Å². The van der Waals surface area contributed by atoms with Gasteiger partial charge in [0, 0.05) is 25.1 Å². The molecule has 2 atom stereocenters. The molecule has 0 spiro atoms. The Hall–Kier alpha value is -2.32. The Bertz CT molecular complexity index is 531. The van der Waals surface area contributed by atoms with Gasteiger partial charge in [0.15, 0.2) is 0 Å². The highest BCUT2D eigenvalue weighted by Gasteiger charge is 2.19. The second kappa shape index (κ2) is 6.73. The van der Waals surface area contributed by atoms with Gasteiger partial charge in [-0.25, -0.2) is 4.79 Å². The molecule has 0 heterocycles. The highest BCUT2D eigenvalue weighted by molar-refractivity contribution is 5.74. The molecule has 0 aromatic heterocycles. The predicted octanol–water partition coefficient (Wildman–Crippen LogP) is 1.29. The molecule has 0 aliphatic heterocycles. The van der Waals surface area contributed by atoms with Gasteiger partial charge in [0.25, 0.3) is 0 Å². The minimum absolute atomic E-state index is 0.0203. The highest BCUT2D eigenvalue weighted by atomic mass is 16.3. The summed E-state index contributed by atoms with van der Waals surface area (Å²) in [5.41, 5.74) is 1.54. The summed E-state index contributed by atoms with van der Waals surface area (Å²) >= 11 is 0. The third kappa shape index (κ3) is 3.84. The number of amides is 2. The summed E-state index contributed by atoms with van der Waals surface area (Å²) in [6.07, 6.45) is 4.56. The van der Waals surface area contributed by atoms with E-state index in [9.17, 15) is 4.79 Å². The SMILES string of the molecule is N#Cc1ccc(CNC(=O)N[C@@H]2C=C[C@H](CO)C2)cc1. The van der Waals surface area contributed by atoms with Gasteiger partial charge in [0.2, 0.25) is 0 Å². The summed E-state index contributed by atoms with van der Waals surface area (Å²) in [6, 6.07) is 8.87. The van der Waals surface area contributed by atoms with E-state index in [2.05, 4.69) is 10.6 Å². The van der Waals surface area contributed by atoms with Crippen molar-refractivity contribution in [3.8, 4) is 6.07 Å². The fourth-order valence-corrected chi connectivity index (χ4v) is 2.12. The number of urea groups is 1. The Labute approximate surface area is 117 Å². The van der Waals surface area contributed by atoms with Gasteiger partial charge >= 0.3 is 6.03 Å². The van der Waals surface area contributed by atoms with Crippen LogP contribution in [-0.4, -0.2) is 23.8 Å². The maximum Gasteiger partial charge on any atom is 0.315 e. The number of hydrogen-bond acceptors (Lipinski definition) is 3. The lowest BCUT2D eigenvalue weighted by atomic mass is 10.1. The molecule has 2 amide bonds. The number of carbonyl (C=O) groups excluding carboxylic acids is 1. The van der Waals surface area contributed by atoms with E-state index in [4.69, 9.17) is 10.4 Å². The van der Waals surface area contributed by atoms with E-state index in [-0.39, 0.29) is 24.6 Å². The third-order valence-corrected chi connectivity index (χ3v) is 3.26. The predicted molar refractivity (Wildman–Crippen MR) is 74.6 cm³/mol. The number of nitrogens with zero attached hydrogens (tertiary/aromatic N) is 1. The summed E-state index contributed by atoms with van der Waals surface area (Å²) in [5.74, 6) is 0.138. The number of aliphatic hydroxyl groups is 1. The van der Waals surface area contributed by atoms with Crippen LogP contribution in [0.5, 0.6) is 0 Å². The quantitative estimate of drug-likeness (QED) is 0.721. The van der Waals surface area contributed by atoms with Crippen molar-refractivity contribution in [2.24, 2.45) is 5.92 Å². The molecule has 20 heavy (non-hydrogen) atoms. The zero-order valence-corrected chi connectivity index (χ0v) is 11.0. The largest absolute Gasteiger partial charge is 0.396 e. The molecule has 5 heteroatoms. The van der Waals surface area contributed by atoms with Crippen LogP contribution < -0.4 is 10.6 Å². The van der Waals surface area contributed by atoms with Crippen LogP contribution in [0.1, 0.15) is 17.5 Å². The molecule has 3 N–H and O–H groups in total. The van der Waals surface area contributed by atoms with Crippen LogP contribution in [0.4, 0.5) is 4.79 Å². The van der Waals surface area contributed by atoms with E-state index in [0.717, 1.165) is 12.0 Å². The lowest BCUT2D eigenvalue weighted by Gasteiger charge is -2.13. The Morgan fingerprint density at radius 3 is 2.70 bits per heavy atom. The second-order valence-corrected chi connectivity index (χ2v) is 4.81. The molecule has 0 radical (unpaired) electrons. The molecule has 0 bridgehead atoms. The first-order chi connectivity index (χ1) is 9.71. The maximum atomic E-state index is 11.7. The van der Waals surface area contributed by atoms with Gasteiger partial charge in [-0.2, -0.15) is 5.26 Å². The standard InChI is InChI=1S/C15H17N3O2/c16-8-11-1-3-12(4-2-11)9-17-15(20)18-14-6-5-13(7-14)10-19/h1-6,13-14,19H,7,9-10H2,(H2,17,18,20)/t13-,14+/m0/s1. The maximum absolute atomic E-state index is 11.7. The lowest BCUT2D eigenvalue weighted by Crippen LogP contribution is -2.40. The molecular weight excluding hydrogens is 254 g/mol. The van der Waals surface area contributed by atoms with Crippen molar-refractivity contribution in [3.05, 3.63) is 47.5 Å². The molecule has 1 aromatic carbocycles. The van der Waals surface area contributed by atoms with Gasteiger partial charge < -0.3 is 15.7 Å². The van der Waals surface area contributed by atoms with Gasteiger partial charge in [-0.15, -0.1) is 0 Å². The zero-order valence-electron chi connectivity index (χ0n) is 11.0. The number of benzene rings is 1. The molecule has 0 saturated carbocycles. The highest BCUT2D eigenvalue weighted by Crippen LogP contribution is 2.16. The van der Waals surface area contributed by atoms with E-state index in [1.165, 1.54) is 0 Å². The third-order valence-electron chi connectivity index (χ3n) is 3.26. The monoisotopic (exact) mass is 271 g/mol. The van der Waals surface area contributed by atoms with Crippen molar-refractivity contribution in [1.82, 2.24) is 10.6 Å². The van der Waals surface area contributed by atoms with E-state index >= 15 is 0 Å². The van der Waals surface area contributed by atoms with Gasteiger partial charge in [-0.1, -0.05) is 24.3 Å². The molecule has 5 nitrogen and oxygen atoms in total. The van der Waals surface area contributed by atoms with Crippen LogP contribution >= 0.6 is 0 Å². The van der Waals surface area contributed by atoms with Crippen LogP contribution in [0.3, 0.4) is 0 Å². The average Bonchev–Trinajstić information content (AvgIpc) is 2.93. The van der Waals surface area contributed by atoms with Crippen molar-refractivity contribution in [1.29, 1.82) is 5.26 Å². The number of nitriles is 1. The van der Waals surface area contributed by atoms with Crippen LogP contribution in [-0.2, 0) is 6.54 Å². The molecule has 1 aliphatic rings. The molecule has 104 valence electrons. The second-order valence-electron chi connectivity index (χ2n) is 4.81. The zero-order chi connectivity index (χ0) is 14.4. The van der Waals surface area contributed by atoms with E-state index in [1.54, 1.807) is 12.1 Å². The van der Waals surface area contributed by atoms with E-state index < -0.39 is 0 Å². The van der Waals surface area contributed by atoms with E-state index in [1.807, 2.05) is 30.4 Å². The molecule has 0 fully saturated rings. The minimum atomic E-state index is -0.234. The Kier molecular flexibility index (Phi) is 4.75. The first kappa shape index (κ1) is 14.1. The van der Waals surface area contributed by atoms with E-state index in [0.29, 0.717) is 12.1 Å². The van der Waals surface area contributed by atoms with Gasteiger partial charge in [-0.3, -0.25) is 0 Å². The van der Waals surface area contributed by atoms with Crippen LogP contribution in [0.25, 0.3) is 0 Å². The fourth-order valence-electron chi connectivity index (χ4n) is 2.12. The van der Waals surface area contributed by atoms with Crippen molar-refractivity contribution >= 4 is 6.03 Å². The van der Waals surface area contributed by atoms with Crippen molar-refractivity contribution in [2.75, 3.05) is 6.61 Å². The smallest absolute Gasteiger partial charge is 0.315 e. The number of hydrogen-bond donors (Lipinski definition) is 3. The van der Waals surface area contributed by atoms with Crippen molar-refractivity contribution in [3.63, 3.8) is 0 Å². The summed E-state index contributed by atoms with van der Waals surface area (Å²) < 4.78 is 0. The molecule has 1 aliphatic carbocycles. The number of carbonyl (C=O) groups is 1. The molecule has 0 saturated heterocycles. The van der Waals surface area contributed by atoms with Gasteiger partial charge in [0.1, 0.15) is 0 Å². The first-order valence-electron chi connectivity index (χ1n) is 6.54. The fraction of sp³-hybridized carbons (Fsp3) is 0.333. The van der Waals surface area contributed by atoms with Gasteiger partial charge in [0.05, 0.1) is 11.6 Å². The molecular formula is C15H17N3O2. The molecule has 0 unspecified atom stereocenters. The number of aliphatic hydroxyl groups excluding tert-OH is 1. The lowest BCUT2D eigenvalue weighted by molar-refractivity contribution is 0.231. The summed E-state index contributed by atoms with van der Waals surface area (Å²) in [4.78, 5) is 11.7. The molecule has 1 aromatic rings. The Balaban J connectivity index is 1.75. The topological polar surface area (TPSA) is 85.2 Å². The average molecular weight is 271 g/mol.